The lowest BCUT2D eigenvalue weighted by Crippen LogP contribution is -2.36. The molecule has 1 aliphatic rings. The van der Waals surface area contributed by atoms with Crippen LogP contribution in [-0.2, 0) is 16.1 Å². The zero-order valence-corrected chi connectivity index (χ0v) is 12.1. The number of anilines is 1. The summed E-state index contributed by atoms with van der Waals surface area (Å²) in [5, 5.41) is 8.90. The summed E-state index contributed by atoms with van der Waals surface area (Å²) < 4.78 is 5.05. The summed E-state index contributed by atoms with van der Waals surface area (Å²) in [6, 6.07) is 1.93. The van der Waals surface area contributed by atoms with Crippen molar-refractivity contribution in [3.63, 3.8) is 0 Å². The number of hydrogen-bond acceptors (Lipinski definition) is 7. The maximum atomic E-state index is 11.7. The standard InChI is InChI=1S/C14H19N5O2/c1-2-21-14(20)10-3-5-19(6-4-10)9-11-8-17-13(16)12(7-15)18-11/h8,10H,2-6,9H2,1H3,(H2,16,17). The Kier molecular flexibility index (Phi) is 5.06. The first kappa shape index (κ1) is 15.2. The third kappa shape index (κ3) is 3.89. The molecule has 1 aliphatic heterocycles. The van der Waals surface area contributed by atoms with Gasteiger partial charge in [-0.05, 0) is 32.9 Å². The summed E-state index contributed by atoms with van der Waals surface area (Å²) in [7, 11) is 0. The zero-order chi connectivity index (χ0) is 15.2. The molecule has 1 aromatic heterocycles. The van der Waals surface area contributed by atoms with Crippen LogP contribution in [-0.4, -0.2) is 40.5 Å². The lowest BCUT2D eigenvalue weighted by atomic mass is 9.97. The summed E-state index contributed by atoms with van der Waals surface area (Å²) in [5.74, 6) is 0.0480. The summed E-state index contributed by atoms with van der Waals surface area (Å²) >= 11 is 0. The number of rotatable bonds is 4. The molecule has 7 heteroatoms. The van der Waals surface area contributed by atoms with Crippen molar-refractivity contribution in [1.29, 1.82) is 5.26 Å². The van der Waals surface area contributed by atoms with E-state index < -0.39 is 0 Å². The van der Waals surface area contributed by atoms with E-state index in [1.54, 1.807) is 6.20 Å². The molecular weight excluding hydrogens is 270 g/mol. The van der Waals surface area contributed by atoms with Crippen LogP contribution in [0.25, 0.3) is 0 Å². The van der Waals surface area contributed by atoms with Crippen molar-refractivity contribution in [1.82, 2.24) is 14.9 Å². The maximum Gasteiger partial charge on any atom is 0.309 e. The van der Waals surface area contributed by atoms with E-state index in [-0.39, 0.29) is 23.4 Å². The topological polar surface area (TPSA) is 105 Å². The first-order chi connectivity index (χ1) is 10.1. The minimum Gasteiger partial charge on any atom is -0.466 e. The van der Waals surface area contributed by atoms with Gasteiger partial charge in [0.25, 0.3) is 0 Å². The molecule has 0 aromatic carbocycles. The highest BCUT2D eigenvalue weighted by Gasteiger charge is 2.26. The fraction of sp³-hybridized carbons (Fsp3) is 0.571. The fourth-order valence-electron chi connectivity index (χ4n) is 2.41. The molecule has 0 bridgehead atoms. The third-order valence-corrected chi connectivity index (χ3v) is 3.55. The maximum absolute atomic E-state index is 11.7. The highest BCUT2D eigenvalue weighted by atomic mass is 16.5. The Balaban J connectivity index is 1.89. The van der Waals surface area contributed by atoms with E-state index in [2.05, 4.69) is 14.9 Å². The van der Waals surface area contributed by atoms with Crippen LogP contribution in [0.5, 0.6) is 0 Å². The van der Waals surface area contributed by atoms with E-state index in [1.807, 2.05) is 13.0 Å². The molecule has 0 spiro atoms. The first-order valence-corrected chi connectivity index (χ1v) is 7.04. The number of carbonyl (C=O) groups is 1. The van der Waals surface area contributed by atoms with Crippen molar-refractivity contribution >= 4 is 11.8 Å². The second kappa shape index (κ2) is 6.99. The van der Waals surface area contributed by atoms with Gasteiger partial charge in [0.15, 0.2) is 11.5 Å². The average Bonchev–Trinajstić information content (AvgIpc) is 2.50. The molecule has 0 atom stereocenters. The molecule has 2 rings (SSSR count). The number of piperidine rings is 1. The monoisotopic (exact) mass is 289 g/mol. The zero-order valence-electron chi connectivity index (χ0n) is 12.1. The van der Waals surface area contributed by atoms with Crippen molar-refractivity contribution in [2.45, 2.75) is 26.3 Å². The van der Waals surface area contributed by atoms with E-state index in [4.69, 9.17) is 15.7 Å². The van der Waals surface area contributed by atoms with Gasteiger partial charge >= 0.3 is 5.97 Å². The molecule has 0 amide bonds. The number of nitrogens with zero attached hydrogens (tertiary/aromatic N) is 4. The van der Waals surface area contributed by atoms with E-state index in [9.17, 15) is 4.79 Å². The largest absolute Gasteiger partial charge is 0.466 e. The number of nitrogen functional groups attached to an aromatic ring is 1. The van der Waals surface area contributed by atoms with Gasteiger partial charge in [-0.2, -0.15) is 5.26 Å². The lowest BCUT2D eigenvalue weighted by molar-refractivity contribution is -0.149. The first-order valence-electron chi connectivity index (χ1n) is 7.04. The highest BCUT2D eigenvalue weighted by Crippen LogP contribution is 2.20. The van der Waals surface area contributed by atoms with Crippen LogP contribution in [0.2, 0.25) is 0 Å². The van der Waals surface area contributed by atoms with Gasteiger partial charge in [-0.25, -0.2) is 9.97 Å². The molecule has 21 heavy (non-hydrogen) atoms. The summed E-state index contributed by atoms with van der Waals surface area (Å²) in [6.45, 7) is 4.46. The Bertz CT molecular complexity index is 547. The van der Waals surface area contributed by atoms with Gasteiger partial charge in [-0.1, -0.05) is 0 Å². The lowest BCUT2D eigenvalue weighted by Gasteiger charge is -2.30. The Morgan fingerprint density at radius 3 is 2.90 bits per heavy atom. The Morgan fingerprint density at radius 2 is 2.29 bits per heavy atom. The number of carbonyl (C=O) groups excluding carboxylic acids is 1. The third-order valence-electron chi connectivity index (χ3n) is 3.55. The smallest absolute Gasteiger partial charge is 0.309 e. The van der Waals surface area contributed by atoms with Gasteiger partial charge in [-0.3, -0.25) is 9.69 Å². The molecule has 0 radical (unpaired) electrons. The predicted molar refractivity (Wildman–Crippen MR) is 75.8 cm³/mol. The van der Waals surface area contributed by atoms with Gasteiger partial charge < -0.3 is 10.5 Å². The molecule has 2 heterocycles. The van der Waals surface area contributed by atoms with Crippen molar-refractivity contribution in [3.8, 4) is 6.07 Å². The molecular formula is C14H19N5O2. The van der Waals surface area contributed by atoms with Crippen molar-refractivity contribution < 1.29 is 9.53 Å². The van der Waals surface area contributed by atoms with E-state index in [1.165, 1.54) is 0 Å². The fourth-order valence-corrected chi connectivity index (χ4v) is 2.41. The number of likely N-dealkylation sites (tertiary alicyclic amines) is 1. The number of ether oxygens (including phenoxy) is 1. The van der Waals surface area contributed by atoms with Gasteiger partial charge in [0.2, 0.25) is 0 Å². The van der Waals surface area contributed by atoms with Crippen LogP contribution in [0.3, 0.4) is 0 Å². The van der Waals surface area contributed by atoms with E-state index in [0.717, 1.165) is 31.6 Å². The molecule has 0 unspecified atom stereocenters. The molecule has 0 saturated carbocycles. The molecule has 7 nitrogen and oxygen atoms in total. The highest BCUT2D eigenvalue weighted by molar-refractivity contribution is 5.72. The summed E-state index contributed by atoms with van der Waals surface area (Å²) in [6.07, 6.45) is 3.16. The van der Waals surface area contributed by atoms with Crippen molar-refractivity contribution in [2.24, 2.45) is 5.92 Å². The van der Waals surface area contributed by atoms with E-state index >= 15 is 0 Å². The molecule has 112 valence electrons. The number of hydrogen-bond donors (Lipinski definition) is 1. The van der Waals surface area contributed by atoms with Crippen molar-refractivity contribution in [3.05, 3.63) is 17.6 Å². The number of aromatic nitrogens is 2. The van der Waals surface area contributed by atoms with Crippen LogP contribution in [0.1, 0.15) is 31.2 Å². The van der Waals surface area contributed by atoms with Gasteiger partial charge in [0.05, 0.1) is 24.4 Å². The second-order valence-corrected chi connectivity index (χ2v) is 5.01. The normalized spacial score (nSPS) is 16.4. The van der Waals surface area contributed by atoms with Crippen LogP contribution < -0.4 is 5.73 Å². The number of nitriles is 1. The number of esters is 1. The van der Waals surface area contributed by atoms with Crippen LogP contribution in [0.4, 0.5) is 5.82 Å². The van der Waals surface area contributed by atoms with E-state index in [0.29, 0.717) is 13.2 Å². The van der Waals surface area contributed by atoms with Gasteiger partial charge in [-0.15, -0.1) is 0 Å². The predicted octanol–water partition coefficient (Wildman–Crippen LogP) is 0.706. The summed E-state index contributed by atoms with van der Waals surface area (Å²) in [5.41, 5.74) is 6.43. The average molecular weight is 289 g/mol. The molecule has 2 N–H and O–H groups in total. The molecule has 1 fully saturated rings. The Labute approximate surface area is 123 Å². The number of nitrogens with two attached hydrogens (primary N) is 1. The van der Waals surface area contributed by atoms with Gasteiger partial charge in [0.1, 0.15) is 6.07 Å². The molecule has 1 aromatic rings. The van der Waals surface area contributed by atoms with Crippen LogP contribution >= 0.6 is 0 Å². The minimum atomic E-state index is -0.101. The van der Waals surface area contributed by atoms with Crippen LogP contribution in [0.15, 0.2) is 6.20 Å². The molecule has 1 saturated heterocycles. The van der Waals surface area contributed by atoms with Gasteiger partial charge in [0, 0.05) is 6.54 Å². The summed E-state index contributed by atoms with van der Waals surface area (Å²) in [4.78, 5) is 22.0. The van der Waals surface area contributed by atoms with Crippen LogP contribution in [0, 0.1) is 17.2 Å². The molecule has 0 aliphatic carbocycles. The second-order valence-electron chi connectivity index (χ2n) is 5.01. The SMILES string of the molecule is CCOC(=O)C1CCN(Cc2cnc(N)c(C#N)n2)CC1. The minimum absolute atomic E-state index is 0.00614. The Morgan fingerprint density at radius 1 is 1.57 bits per heavy atom. The Hall–Kier alpha value is -2.20. The van der Waals surface area contributed by atoms with Crippen molar-refractivity contribution in [2.75, 3.05) is 25.4 Å². The quantitative estimate of drug-likeness (QED) is 0.813.